The van der Waals surface area contributed by atoms with E-state index in [2.05, 4.69) is 30.7 Å². The molecule has 0 saturated carbocycles. The van der Waals surface area contributed by atoms with Gasteiger partial charge in [0.2, 0.25) is 0 Å². The fourth-order valence-electron chi connectivity index (χ4n) is 1.75. The Bertz CT molecular complexity index is 230. The average molecular weight is 197 g/mol. The predicted molar refractivity (Wildman–Crippen MR) is 60.1 cm³/mol. The Labute approximate surface area is 85.0 Å². The summed E-state index contributed by atoms with van der Waals surface area (Å²) in [4.78, 5) is 0. The second-order valence-electron chi connectivity index (χ2n) is 4.07. The van der Waals surface area contributed by atoms with Crippen LogP contribution in [0.1, 0.15) is 32.3 Å². The zero-order valence-electron chi connectivity index (χ0n) is 8.55. The Balaban J connectivity index is 2.58. The van der Waals surface area contributed by atoms with Crippen molar-refractivity contribution in [3.05, 3.63) is 22.4 Å². The van der Waals surface area contributed by atoms with Crippen LogP contribution in [0.25, 0.3) is 0 Å². The summed E-state index contributed by atoms with van der Waals surface area (Å²) in [5.74, 6) is 0. The summed E-state index contributed by atoms with van der Waals surface area (Å²) < 4.78 is 0. The first kappa shape index (κ1) is 10.7. The maximum Gasteiger partial charge on any atom is -0.00200 e. The van der Waals surface area contributed by atoms with Crippen LogP contribution < -0.4 is 5.73 Å². The summed E-state index contributed by atoms with van der Waals surface area (Å²) in [5, 5.41) is 4.36. The van der Waals surface area contributed by atoms with Gasteiger partial charge >= 0.3 is 0 Å². The Morgan fingerprint density at radius 2 is 2.31 bits per heavy atom. The molecular formula is C11H19NS. The Morgan fingerprint density at radius 1 is 1.54 bits per heavy atom. The number of thiophene rings is 1. The van der Waals surface area contributed by atoms with Gasteiger partial charge in [-0.2, -0.15) is 11.3 Å². The van der Waals surface area contributed by atoms with Gasteiger partial charge in [-0.15, -0.1) is 0 Å². The second kappa shape index (κ2) is 4.77. The van der Waals surface area contributed by atoms with Crippen LogP contribution in [0.5, 0.6) is 0 Å². The molecule has 74 valence electrons. The van der Waals surface area contributed by atoms with Gasteiger partial charge in [-0.1, -0.05) is 20.3 Å². The molecule has 0 aliphatic heterocycles. The van der Waals surface area contributed by atoms with E-state index < -0.39 is 0 Å². The molecule has 0 amide bonds. The van der Waals surface area contributed by atoms with E-state index in [-0.39, 0.29) is 0 Å². The van der Waals surface area contributed by atoms with Gasteiger partial charge in [0.25, 0.3) is 0 Å². The van der Waals surface area contributed by atoms with Crippen molar-refractivity contribution in [2.45, 2.75) is 33.1 Å². The fourth-order valence-corrected chi connectivity index (χ4v) is 2.42. The first-order valence-electron chi connectivity index (χ1n) is 4.91. The molecule has 0 aromatic carbocycles. The highest BCUT2D eigenvalue weighted by Gasteiger charge is 2.21. The molecule has 13 heavy (non-hydrogen) atoms. The lowest BCUT2D eigenvalue weighted by molar-refractivity contribution is 0.303. The van der Waals surface area contributed by atoms with Gasteiger partial charge in [-0.25, -0.2) is 0 Å². The molecule has 0 fully saturated rings. The summed E-state index contributed by atoms with van der Waals surface area (Å²) in [5.41, 5.74) is 7.55. The molecular weight excluding hydrogens is 178 g/mol. The van der Waals surface area contributed by atoms with E-state index >= 15 is 0 Å². The lowest BCUT2D eigenvalue weighted by Crippen LogP contribution is -2.29. The molecule has 1 rings (SSSR count). The average Bonchev–Trinajstić information content (AvgIpc) is 2.57. The predicted octanol–water partition coefficient (Wildman–Crippen LogP) is 3.06. The van der Waals surface area contributed by atoms with Crippen LogP contribution >= 0.6 is 11.3 Å². The third-order valence-electron chi connectivity index (χ3n) is 2.56. The molecule has 0 radical (unpaired) electrons. The molecule has 1 heterocycles. The van der Waals surface area contributed by atoms with Crippen molar-refractivity contribution < 1.29 is 0 Å². The van der Waals surface area contributed by atoms with Crippen LogP contribution in [0.4, 0.5) is 0 Å². The van der Waals surface area contributed by atoms with Crippen molar-refractivity contribution in [2.24, 2.45) is 11.1 Å². The van der Waals surface area contributed by atoms with Crippen molar-refractivity contribution in [3.8, 4) is 0 Å². The van der Waals surface area contributed by atoms with Crippen LogP contribution in [-0.4, -0.2) is 6.54 Å². The van der Waals surface area contributed by atoms with Crippen molar-refractivity contribution in [1.29, 1.82) is 0 Å². The van der Waals surface area contributed by atoms with Gasteiger partial charge < -0.3 is 5.73 Å². The highest BCUT2D eigenvalue weighted by molar-refractivity contribution is 7.07. The van der Waals surface area contributed by atoms with E-state index in [0.717, 1.165) is 13.0 Å². The normalized spacial score (nSPS) is 15.6. The van der Waals surface area contributed by atoms with E-state index in [9.17, 15) is 0 Å². The minimum atomic E-state index is 0.301. The SMILES string of the molecule is CCCC(C)(CN)Cc1ccsc1. The van der Waals surface area contributed by atoms with Crippen molar-refractivity contribution in [3.63, 3.8) is 0 Å². The van der Waals surface area contributed by atoms with Crippen LogP contribution in [-0.2, 0) is 6.42 Å². The van der Waals surface area contributed by atoms with Crippen LogP contribution in [0.15, 0.2) is 16.8 Å². The van der Waals surface area contributed by atoms with Gasteiger partial charge in [-0.3, -0.25) is 0 Å². The van der Waals surface area contributed by atoms with Crippen molar-refractivity contribution in [1.82, 2.24) is 0 Å². The Kier molecular flexibility index (Phi) is 3.94. The number of hydrogen-bond donors (Lipinski definition) is 1. The monoisotopic (exact) mass is 197 g/mol. The first-order valence-corrected chi connectivity index (χ1v) is 5.85. The van der Waals surface area contributed by atoms with Gasteiger partial charge in [-0.05, 0) is 47.2 Å². The molecule has 2 N–H and O–H groups in total. The maximum absolute atomic E-state index is 5.81. The standard InChI is InChI=1S/C11H19NS/c1-3-5-11(2,9-12)7-10-4-6-13-8-10/h4,6,8H,3,5,7,9,12H2,1-2H3. The molecule has 2 heteroatoms. The molecule has 0 bridgehead atoms. The molecule has 0 saturated heterocycles. The van der Waals surface area contributed by atoms with Crippen molar-refractivity contribution in [2.75, 3.05) is 6.54 Å². The number of rotatable bonds is 5. The summed E-state index contributed by atoms with van der Waals surface area (Å²) in [6, 6.07) is 2.20. The van der Waals surface area contributed by atoms with E-state index in [1.807, 2.05) is 0 Å². The lowest BCUT2D eigenvalue weighted by atomic mass is 9.80. The smallest absolute Gasteiger partial charge is 0.00200 e. The summed E-state index contributed by atoms with van der Waals surface area (Å²) in [6.07, 6.45) is 3.57. The maximum atomic E-state index is 5.81. The molecule has 1 aromatic heterocycles. The zero-order valence-corrected chi connectivity index (χ0v) is 9.36. The molecule has 0 spiro atoms. The minimum absolute atomic E-state index is 0.301. The quantitative estimate of drug-likeness (QED) is 0.771. The Morgan fingerprint density at radius 3 is 2.77 bits per heavy atom. The van der Waals surface area contributed by atoms with Gasteiger partial charge in [0.05, 0.1) is 0 Å². The Hall–Kier alpha value is -0.340. The second-order valence-corrected chi connectivity index (χ2v) is 4.85. The van der Waals surface area contributed by atoms with Crippen molar-refractivity contribution >= 4 is 11.3 Å². The summed E-state index contributed by atoms with van der Waals surface area (Å²) >= 11 is 1.77. The third-order valence-corrected chi connectivity index (χ3v) is 3.29. The molecule has 1 nitrogen and oxygen atoms in total. The highest BCUT2D eigenvalue weighted by atomic mass is 32.1. The first-order chi connectivity index (χ1) is 6.20. The lowest BCUT2D eigenvalue weighted by Gasteiger charge is -2.27. The van der Waals surface area contributed by atoms with E-state index in [1.54, 1.807) is 11.3 Å². The minimum Gasteiger partial charge on any atom is -0.330 e. The van der Waals surface area contributed by atoms with Gasteiger partial charge in [0, 0.05) is 0 Å². The molecule has 1 unspecified atom stereocenters. The molecule has 1 aromatic rings. The zero-order chi connectivity index (χ0) is 9.73. The largest absolute Gasteiger partial charge is 0.330 e. The van der Waals surface area contributed by atoms with Crippen LogP contribution in [0.2, 0.25) is 0 Å². The van der Waals surface area contributed by atoms with E-state index in [1.165, 1.54) is 18.4 Å². The highest BCUT2D eigenvalue weighted by Crippen LogP contribution is 2.27. The summed E-state index contributed by atoms with van der Waals surface area (Å²) in [7, 11) is 0. The third kappa shape index (κ3) is 3.12. The van der Waals surface area contributed by atoms with E-state index in [0.29, 0.717) is 5.41 Å². The van der Waals surface area contributed by atoms with Crippen LogP contribution in [0, 0.1) is 5.41 Å². The topological polar surface area (TPSA) is 26.0 Å². The van der Waals surface area contributed by atoms with E-state index in [4.69, 9.17) is 5.73 Å². The molecule has 1 atom stereocenters. The van der Waals surface area contributed by atoms with Gasteiger partial charge in [0.1, 0.15) is 0 Å². The molecule has 0 aliphatic carbocycles. The number of nitrogens with two attached hydrogens (primary N) is 1. The number of hydrogen-bond acceptors (Lipinski definition) is 2. The van der Waals surface area contributed by atoms with Crippen LogP contribution in [0.3, 0.4) is 0 Å². The molecule has 0 aliphatic rings. The fraction of sp³-hybridized carbons (Fsp3) is 0.636. The summed E-state index contributed by atoms with van der Waals surface area (Å²) in [6.45, 7) is 5.30. The van der Waals surface area contributed by atoms with Gasteiger partial charge in [0.15, 0.2) is 0 Å².